The highest BCUT2D eigenvalue weighted by Gasteiger charge is 2.11. The van der Waals surface area contributed by atoms with E-state index < -0.39 is 4.92 Å². The van der Waals surface area contributed by atoms with E-state index in [-0.39, 0.29) is 17.2 Å². The van der Waals surface area contributed by atoms with Crippen LogP contribution in [0, 0.1) is 24.0 Å². The summed E-state index contributed by atoms with van der Waals surface area (Å²) >= 11 is 0. The van der Waals surface area contributed by atoms with Gasteiger partial charge in [0, 0.05) is 6.07 Å². The lowest BCUT2D eigenvalue weighted by Crippen LogP contribution is -1.89. The molecule has 0 heterocycles. The van der Waals surface area contributed by atoms with Gasteiger partial charge in [0.15, 0.2) is 5.75 Å². The number of non-ortho nitro benzene ring substituents is 1. The molecule has 0 aliphatic carbocycles. The summed E-state index contributed by atoms with van der Waals surface area (Å²) in [5.74, 6) is 0.289. The third-order valence-corrected chi connectivity index (χ3v) is 3.06. The van der Waals surface area contributed by atoms with Gasteiger partial charge in [-0.25, -0.2) is 0 Å². The Bertz CT molecular complexity index is 757. The highest BCUT2D eigenvalue weighted by Crippen LogP contribution is 2.35. The van der Waals surface area contributed by atoms with Crippen LogP contribution in [0.15, 0.2) is 40.6 Å². The van der Waals surface area contributed by atoms with Crippen molar-refractivity contribution < 1.29 is 14.8 Å². The van der Waals surface area contributed by atoms with Crippen LogP contribution in [-0.4, -0.2) is 17.1 Å². The number of phenolic OH excluding ortho intramolecular Hbond substituents is 1. The fraction of sp³-hybridized carbons (Fsp3) is 0.200. The minimum atomic E-state index is -0.515. The lowest BCUT2D eigenvalue weighted by Gasteiger charge is -2.05. The molecule has 0 radical (unpaired) electrons. The summed E-state index contributed by atoms with van der Waals surface area (Å²) in [6, 6.07) is 7.57. The van der Waals surface area contributed by atoms with Crippen molar-refractivity contribution in [3.05, 3.63) is 51.6 Å². The molecule has 114 valence electrons. The molecule has 0 aliphatic rings. The minimum Gasteiger partial charge on any atom is -0.505 e. The Morgan fingerprint density at radius 1 is 1.14 bits per heavy atom. The van der Waals surface area contributed by atoms with Crippen LogP contribution in [0.25, 0.3) is 0 Å². The molecule has 0 fully saturated rings. The average molecular weight is 301 g/mol. The topological polar surface area (TPSA) is 97.3 Å². The van der Waals surface area contributed by atoms with Gasteiger partial charge in [-0.2, -0.15) is 0 Å². The Morgan fingerprint density at radius 2 is 1.82 bits per heavy atom. The number of nitro groups is 1. The number of nitro benzene ring substituents is 1. The van der Waals surface area contributed by atoms with Crippen molar-refractivity contribution in [3.63, 3.8) is 0 Å². The lowest BCUT2D eigenvalue weighted by molar-refractivity contribution is -0.384. The molecule has 0 aromatic heterocycles. The number of hydrogen-bond donors (Lipinski definition) is 1. The van der Waals surface area contributed by atoms with Gasteiger partial charge in [0.1, 0.15) is 17.1 Å². The normalized spacial score (nSPS) is 10.9. The molecule has 0 aliphatic heterocycles. The SMILES string of the molecule is COc1cc([N+](=O)[O-])ccc1N=Nc1cc(C)cc(C)c1O. The van der Waals surface area contributed by atoms with Gasteiger partial charge in [-0.05, 0) is 37.1 Å². The first-order chi connectivity index (χ1) is 10.4. The van der Waals surface area contributed by atoms with Gasteiger partial charge in [0.25, 0.3) is 5.69 Å². The molecule has 2 rings (SSSR count). The number of azo groups is 1. The number of hydrogen-bond acceptors (Lipinski definition) is 6. The Kier molecular flexibility index (Phi) is 4.36. The van der Waals surface area contributed by atoms with Crippen molar-refractivity contribution in [1.82, 2.24) is 0 Å². The third-order valence-electron chi connectivity index (χ3n) is 3.06. The second kappa shape index (κ2) is 6.21. The Balaban J connectivity index is 2.40. The van der Waals surface area contributed by atoms with E-state index in [4.69, 9.17) is 4.74 Å². The second-order valence-electron chi connectivity index (χ2n) is 4.76. The van der Waals surface area contributed by atoms with Crippen molar-refractivity contribution in [1.29, 1.82) is 0 Å². The zero-order valence-corrected chi connectivity index (χ0v) is 12.4. The summed E-state index contributed by atoms with van der Waals surface area (Å²) in [7, 11) is 1.40. The van der Waals surface area contributed by atoms with Crippen molar-refractivity contribution in [2.75, 3.05) is 7.11 Å². The Hall–Kier alpha value is -2.96. The monoisotopic (exact) mass is 301 g/mol. The number of phenols is 1. The fourth-order valence-electron chi connectivity index (χ4n) is 1.98. The fourth-order valence-corrected chi connectivity index (χ4v) is 1.98. The van der Waals surface area contributed by atoms with Crippen LogP contribution in [0.2, 0.25) is 0 Å². The summed E-state index contributed by atoms with van der Waals surface area (Å²) in [5, 5.41) is 28.7. The van der Waals surface area contributed by atoms with E-state index >= 15 is 0 Å². The molecule has 2 aromatic carbocycles. The van der Waals surface area contributed by atoms with Gasteiger partial charge in [-0.3, -0.25) is 10.1 Å². The van der Waals surface area contributed by atoms with E-state index in [1.807, 2.05) is 13.0 Å². The summed E-state index contributed by atoms with van der Waals surface area (Å²) in [5.41, 5.74) is 2.22. The first-order valence-corrected chi connectivity index (χ1v) is 6.46. The highest BCUT2D eigenvalue weighted by atomic mass is 16.6. The molecule has 0 amide bonds. The van der Waals surface area contributed by atoms with Gasteiger partial charge < -0.3 is 9.84 Å². The summed E-state index contributed by atoms with van der Waals surface area (Å²) in [6.45, 7) is 3.66. The van der Waals surface area contributed by atoms with E-state index in [9.17, 15) is 15.2 Å². The minimum absolute atomic E-state index is 0.0511. The Labute approximate surface area is 127 Å². The van der Waals surface area contributed by atoms with Crippen LogP contribution in [0.1, 0.15) is 11.1 Å². The quantitative estimate of drug-likeness (QED) is 0.516. The molecule has 2 aromatic rings. The zero-order chi connectivity index (χ0) is 16.3. The van der Waals surface area contributed by atoms with E-state index in [2.05, 4.69) is 10.2 Å². The van der Waals surface area contributed by atoms with Gasteiger partial charge in [-0.15, -0.1) is 10.2 Å². The average Bonchev–Trinajstić information content (AvgIpc) is 2.49. The van der Waals surface area contributed by atoms with Crippen LogP contribution >= 0.6 is 0 Å². The van der Waals surface area contributed by atoms with E-state index in [0.717, 1.165) is 5.56 Å². The maximum Gasteiger partial charge on any atom is 0.273 e. The maximum absolute atomic E-state index is 10.7. The number of aromatic hydroxyl groups is 1. The predicted octanol–water partition coefficient (Wildman–Crippen LogP) is 4.34. The molecule has 7 nitrogen and oxygen atoms in total. The summed E-state index contributed by atoms with van der Waals surface area (Å²) in [4.78, 5) is 10.2. The first-order valence-electron chi connectivity index (χ1n) is 6.46. The van der Waals surface area contributed by atoms with Gasteiger partial charge in [0.05, 0.1) is 18.1 Å². The Morgan fingerprint density at radius 3 is 2.45 bits per heavy atom. The van der Waals surface area contributed by atoms with Crippen LogP contribution in [-0.2, 0) is 0 Å². The van der Waals surface area contributed by atoms with Crippen LogP contribution in [0.4, 0.5) is 17.1 Å². The molecule has 0 saturated heterocycles. The molecule has 0 saturated carbocycles. The van der Waals surface area contributed by atoms with Gasteiger partial charge in [0.2, 0.25) is 0 Å². The molecule has 0 atom stereocenters. The van der Waals surface area contributed by atoms with Crippen molar-refractivity contribution in [2.45, 2.75) is 13.8 Å². The van der Waals surface area contributed by atoms with Gasteiger partial charge in [-0.1, -0.05) is 6.07 Å². The largest absolute Gasteiger partial charge is 0.505 e. The highest BCUT2D eigenvalue weighted by molar-refractivity contribution is 5.59. The van der Waals surface area contributed by atoms with Crippen LogP contribution in [0.3, 0.4) is 0 Å². The number of aryl methyl sites for hydroxylation is 2. The number of ether oxygens (including phenoxy) is 1. The van der Waals surface area contributed by atoms with E-state index in [1.165, 1.54) is 25.3 Å². The van der Waals surface area contributed by atoms with E-state index in [1.54, 1.807) is 13.0 Å². The van der Waals surface area contributed by atoms with E-state index in [0.29, 0.717) is 16.9 Å². The molecule has 0 bridgehead atoms. The number of rotatable bonds is 4. The molecule has 0 unspecified atom stereocenters. The molecule has 7 heteroatoms. The second-order valence-corrected chi connectivity index (χ2v) is 4.76. The van der Waals surface area contributed by atoms with Gasteiger partial charge >= 0.3 is 0 Å². The van der Waals surface area contributed by atoms with Crippen molar-refractivity contribution in [3.8, 4) is 11.5 Å². The predicted molar refractivity (Wildman–Crippen MR) is 81.4 cm³/mol. The molecule has 0 spiro atoms. The molecule has 22 heavy (non-hydrogen) atoms. The maximum atomic E-state index is 10.7. The summed E-state index contributed by atoms with van der Waals surface area (Å²) in [6.07, 6.45) is 0. The van der Waals surface area contributed by atoms with Crippen LogP contribution in [0.5, 0.6) is 11.5 Å². The lowest BCUT2D eigenvalue weighted by atomic mass is 10.1. The smallest absolute Gasteiger partial charge is 0.273 e. The zero-order valence-electron chi connectivity index (χ0n) is 12.4. The third kappa shape index (κ3) is 3.20. The summed E-state index contributed by atoms with van der Waals surface area (Å²) < 4.78 is 5.08. The molecular formula is C15H15N3O4. The van der Waals surface area contributed by atoms with Crippen LogP contribution < -0.4 is 4.74 Å². The standard InChI is InChI=1S/C15H15N3O4/c1-9-6-10(2)15(19)13(7-9)17-16-12-5-4-11(18(20)21)8-14(12)22-3/h4-8,19H,1-3H3. The van der Waals surface area contributed by atoms with Crippen molar-refractivity contribution >= 4 is 17.1 Å². The first kappa shape index (κ1) is 15.4. The number of nitrogens with zero attached hydrogens (tertiary/aromatic N) is 3. The number of benzene rings is 2. The molecule has 1 N–H and O–H groups in total. The molecular weight excluding hydrogens is 286 g/mol. The number of methoxy groups -OCH3 is 1. The van der Waals surface area contributed by atoms with Crippen molar-refractivity contribution in [2.24, 2.45) is 10.2 Å².